The Labute approximate surface area is 157 Å². The molecule has 0 saturated heterocycles. The second kappa shape index (κ2) is 7.02. The molecule has 0 spiro atoms. The molecule has 0 atom stereocenters. The Bertz CT molecular complexity index is 1120. The molecule has 124 valence electrons. The van der Waals surface area contributed by atoms with Crippen molar-refractivity contribution in [1.29, 1.82) is 0 Å². The van der Waals surface area contributed by atoms with Crippen LogP contribution >= 0.6 is 27.7 Å². The van der Waals surface area contributed by atoms with Crippen molar-refractivity contribution >= 4 is 44.1 Å². The molecule has 0 unspecified atom stereocenters. The van der Waals surface area contributed by atoms with Gasteiger partial charge in [0, 0.05) is 28.2 Å². The Morgan fingerprint density at radius 3 is 2.76 bits per heavy atom. The van der Waals surface area contributed by atoms with Gasteiger partial charge in [-0.05, 0) is 44.4 Å². The van der Waals surface area contributed by atoms with Crippen LogP contribution in [0.2, 0.25) is 0 Å². The van der Waals surface area contributed by atoms with E-state index in [4.69, 9.17) is 0 Å². The molecule has 0 aliphatic carbocycles. The van der Waals surface area contributed by atoms with Crippen LogP contribution in [0.4, 0.5) is 0 Å². The van der Waals surface area contributed by atoms with Crippen molar-refractivity contribution in [2.24, 2.45) is 0 Å². The average molecular weight is 411 g/mol. The number of hydrogen-bond acceptors (Lipinski definition) is 3. The first-order valence-corrected chi connectivity index (χ1v) is 9.88. The normalized spacial score (nSPS) is 11.2. The van der Waals surface area contributed by atoms with Crippen LogP contribution in [0.15, 0.2) is 76.1 Å². The summed E-state index contributed by atoms with van der Waals surface area (Å²) in [5, 5.41) is 2.54. The molecule has 0 aliphatic heterocycles. The third-order valence-corrected chi connectivity index (χ3v) is 5.55. The van der Waals surface area contributed by atoms with Crippen molar-refractivity contribution < 1.29 is 0 Å². The molecule has 4 aromatic rings. The van der Waals surface area contributed by atoms with Gasteiger partial charge in [-0.15, -0.1) is 0 Å². The topological polar surface area (TPSA) is 34.4 Å². The first-order chi connectivity index (χ1) is 12.2. The van der Waals surface area contributed by atoms with E-state index in [1.807, 2.05) is 12.1 Å². The molecule has 3 nitrogen and oxygen atoms in total. The largest absolute Gasteiger partial charge is 0.269 e. The second-order valence-corrected chi connectivity index (χ2v) is 7.69. The van der Waals surface area contributed by atoms with Gasteiger partial charge >= 0.3 is 0 Å². The number of fused-ring (bicyclic) bond motifs is 2. The first-order valence-electron chi connectivity index (χ1n) is 7.93. The fourth-order valence-corrected chi connectivity index (χ4v) is 4.15. The van der Waals surface area contributed by atoms with Crippen LogP contribution < -0.4 is 5.56 Å². The Kier molecular flexibility index (Phi) is 4.59. The van der Waals surface area contributed by atoms with Crippen LogP contribution in [0.25, 0.3) is 16.4 Å². The minimum atomic E-state index is -0.0490. The van der Waals surface area contributed by atoms with Crippen molar-refractivity contribution in [2.45, 2.75) is 11.5 Å². The smallest absolute Gasteiger partial charge is 0.258 e. The minimum Gasteiger partial charge on any atom is -0.269 e. The summed E-state index contributed by atoms with van der Waals surface area (Å²) in [4.78, 5) is 16.8. The highest BCUT2D eigenvalue weighted by Crippen LogP contribution is 2.24. The molecule has 4 rings (SSSR count). The summed E-state index contributed by atoms with van der Waals surface area (Å²) in [7, 11) is 0. The maximum Gasteiger partial charge on any atom is 0.258 e. The Balaban J connectivity index is 1.54. The molecule has 2 heterocycles. The molecule has 0 saturated carbocycles. The molecular formula is C20H15BrN2OS. The van der Waals surface area contributed by atoms with Gasteiger partial charge in [0.25, 0.3) is 5.56 Å². The van der Waals surface area contributed by atoms with Crippen LogP contribution in [0.3, 0.4) is 0 Å². The van der Waals surface area contributed by atoms with Crippen LogP contribution in [0.1, 0.15) is 11.3 Å². The maximum atomic E-state index is 12.3. The van der Waals surface area contributed by atoms with Gasteiger partial charge in [-0.1, -0.05) is 42.5 Å². The number of pyridine rings is 1. The number of benzene rings is 2. The van der Waals surface area contributed by atoms with Crippen molar-refractivity contribution in [3.8, 4) is 0 Å². The summed E-state index contributed by atoms with van der Waals surface area (Å²) < 4.78 is 2.42. The van der Waals surface area contributed by atoms with E-state index in [1.54, 1.807) is 28.4 Å². The Hall–Kier alpha value is -2.11. The van der Waals surface area contributed by atoms with Gasteiger partial charge < -0.3 is 0 Å². The number of aromatic nitrogens is 2. The summed E-state index contributed by atoms with van der Waals surface area (Å²) >= 11 is 5.16. The lowest BCUT2D eigenvalue weighted by Gasteiger charge is -2.07. The molecule has 0 bridgehead atoms. The second-order valence-electron chi connectivity index (χ2n) is 5.79. The standard InChI is InChI=1S/C20H15BrN2OS/c21-16-8-9-19-22-17(10-20(24)23(19)11-16)13-25-12-15-6-3-5-14-4-1-2-7-18(14)15/h1-11H,12-13H2. The van der Waals surface area contributed by atoms with Gasteiger partial charge in [-0.25, -0.2) is 4.98 Å². The highest BCUT2D eigenvalue weighted by molar-refractivity contribution is 9.10. The molecule has 25 heavy (non-hydrogen) atoms. The summed E-state index contributed by atoms with van der Waals surface area (Å²) in [6.45, 7) is 0. The number of hydrogen-bond donors (Lipinski definition) is 0. The summed E-state index contributed by atoms with van der Waals surface area (Å²) in [5.74, 6) is 1.60. The zero-order valence-electron chi connectivity index (χ0n) is 13.4. The molecule has 2 aromatic heterocycles. The minimum absolute atomic E-state index is 0.0490. The highest BCUT2D eigenvalue weighted by atomic mass is 79.9. The van der Waals surface area contributed by atoms with E-state index < -0.39 is 0 Å². The fraction of sp³-hybridized carbons (Fsp3) is 0.100. The monoisotopic (exact) mass is 410 g/mol. The number of nitrogens with zero attached hydrogens (tertiary/aromatic N) is 2. The predicted molar refractivity (Wildman–Crippen MR) is 108 cm³/mol. The lowest BCUT2D eigenvalue weighted by Crippen LogP contribution is -2.15. The van der Waals surface area contributed by atoms with Crippen molar-refractivity contribution in [3.63, 3.8) is 0 Å². The van der Waals surface area contributed by atoms with Gasteiger partial charge in [0.05, 0.1) is 5.69 Å². The van der Waals surface area contributed by atoms with E-state index in [2.05, 4.69) is 63.4 Å². The lowest BCUT2D eigenvalue weighted by atomic mass is 10.1. The highest BCUT2D eigenvalue weighted by Gasteiger charge is 2.05. The summed E-state index contributed by atoms with van der Waals surface area (Å²) in [6.07, 6.45) is 1.75. The number of thioether (sulfide) groups is 1. The molecule has 5 heteroatoms. The third kappa shape index (κ3) is 3.48. The van der Waals surface area contributed by atoms with Crippen LogP contribution in [0.5, 0.6) is 0 Å². The molecule has 2 aromatic carbocycles. The van der Waals surface area contributed by atoms with Crippen LogP contribution in [-0.4, -0.2) is 9.38 Å². The average Bonchev–Trinajstić information content (AvgIpc) is 2.63. The molecule has 0 aliphatic rings. The molecular weight excluding hydrogens is 396 g/mol. The summed E-state index contributed by atoms with van der Waals surface area (Å²) in [5.41, 5.74) is 2.76. The third-order valence-electron chi connectivity index (χ3n) is 4.06. The van der Waals surface area contributed by atoms with E-state index >= 15 is 0 Å². The molecule has 0 fully saturated rings. The zero-order chi connectivity index (χ0) is 17.2. The van der Waals surface area contributed by atoms with Gasteiger partial charge in [0.1, 0.15) is 5.65 Å². The predicted octanol–water partition coefficient (Wildman–Crippen LogP) is 5.04. The first kappa shape index (κ1) is 16.4. The Morgan fingerprint density at radius 1 is 1.00 bits per heavy atom. The number of halogens is 1. The van der Waals surface area contributed by atoms with Gasteiger partial charge in [0.15, 0.2) is 0 Å². The van der Waals surface area contributed by atoms with Crippen LogP contribution in [-0.2, 0) is 11.5 Å². The molecule has 0 N–H and O–H groups in total. The van der Waals surface area contributed by atoms with E-state index in [0.717, 1.165) is 15.9 Å². The van der Waals surface area contributed by atoms with Crippen LogP contribution in [0, 0.1) is 0 Å². The van der Waals surface area contributed by atoms with Gasteiger partial charge in [-0.3, -0.25) is 9.20 Å². The quantitative estimate of drug-likeness (QED) is 0.472. The van der Waals surface area contributed by atoms with E-state index in [-0.39, 0.29) is 5.56 Å². The van der Waals surface area contributed by atoms with Crippen molar-refractivity contribution in [2.75, 3.05) is 0 Å². The van der Waals surface area contributed by atoms with E-state index in [1.165, 1.54) is 16.3 Å². The van der Waals surface area contributed by atoms with Gasteiger partial charge in [-0.2, -0.15) is 11.8 Å². The van der Waals surface area contributed by atoms with Crippen molar-refractivity contribution in [1.82, 2.24) is 9.38 Å². The molecule has 0 amide bonds. The number of rotatable bonds is 4. The Morgan fingerprint density at radius 2 is 1.84 bits per heavy atom. The fourth-order valence-electron chi connectivity index (χ4n) is 2.88. The van der Waals surface area contributed by atoms with E-state index in [0.29, 0.717) is 11.4 Å². The molecule has 0 radical (unpaired) electrons. The van der Waals surface area contributed by atoms with Gasteiger partial charge in [0.2, 0.25) is 0 Å². The lowest BCUT2D eigenvalue weighted by molar-refractivity contribution is 1.01. The van der Waals surface area contributed by atoms with Crippen molar-refractivity contribution in [3.05, 3.63) is 92.9 Å². The maximum absolute atomic E-state index is 12.3. The zero-order valence-corrected chi connectivity index (χ0v) is 15.8. The van der Waals surface area contributed by atoms with E-state index in [9.17, 15) is 4.79 Å². The summed E-state index contributed by atoms with van der Waals surface area (Å²) in [6, 6.07) is 20.2. The SMILES string of the molecule is O=c1cc(CSCc2cccc3ccccc23)nc2ccc(Br)cn12.